The van der Waals surface area contributed by atoms with E-state index < -0.39 is 0 Å². The first-order valence-electron chi connectivity index (χ1n) is 6.45. The first-order chi connectivity index (χ1) is 8.39. The van der Waals surface area contributed by atoms with Crippen LogP contribution in [0.1, 0.15) is 27.7 Å². The van der Waals surface area contributed by atoms with E-state index in [1.807, 2.05) is 30.3 Å². The lowest BCUT2D eigenvalue weighted by molar-refractivity contribution is -0.119. The molecule has 1 aromatic rings. The fourth-order valence-corrected chi connectivity index (χ4v) is 1.37. The van der Waals surface area contributed by atoms with E-state index >= 15 is 0 Å². The maximum Gasteiger partial charge on any atom is 0.239 e. The highest BCUT2D eigenvalue weighted by Gasteiger charge is 2.20. The van der Waals surface area contributed by atoms with Crippen LogP contribution in [0.5, 0.6) is 0 Å². The van der Waals surface area contributed by atoms with E-state index in [1.54, 1.807) is 0 Å². The van der Waals surface area contributed by atoms with Gasteiger partial charge in [-0.15, -0.1) is 0 Å². The predicted molar refractivity (Wildman–Crippen MR) is 76.6 cm³/mol. The maximum absolute atomic E-state index is 11.7. The van der Waals surface area contributed by atoms with Crippen molar-refractivity contribution in [2.24, 2.45) is 11.3 Å². The molecule has 0 fully saturated rings. The smallest absolute Gasteiger partial charge is 0.239 e. The number of amides is 1. The standard InChI is InChI=1S/C15H24N2O/c1-12(15(2,3)4)10-17-14(18)11-16-13-8-6-5-7-9-13/h5-9,12,16H,10-11H2,1-4H3,(H,17,18). The molecule has 0 aromatic heterocycles. The van der Waals surface area contributed by atoms with Crippen molar-refractivity contribution in [3.63, 3.8) is 0 Å². The van der Waals surface area contributed by atoms with Gasteiger partial charge in [-0.1, -0.05) is 45.9 Å². The first kappa shape index (κ1) is 14.6. The van der Waals surface area contributed by atoms with Crippen LogP contribution in [-0.2, 0) is 4.79 Å². The van der Waals surface area contributed by atoms with E-state index in [0.29, 0.717) is 12.5 Å². The largest absolute Gasteiger partial charge is 0.376 e. The molecule has 2 N–H and O–H groups in total. The number of anilines is 1. The second-order valence-corrected chi connectivity index (χ2v) is 5.79. The molecule has 0 aliphatic carbocycles. The molecule has 0 saturated heterocycles. The summed E-state index contributed by atoms with van der Waals surface area (Å²) in [6, 6.07) is 9.75. The zero-order valence-corrected chi connectivity index (χ0v) is 11.8. The van der Waals surface area contributed by atoms with Crippen LogP contribution < -0.4 is 10.6 Å². The molecule has 0 bridgehead atoms. The Morgan fingerprint density at radius 3 is 2.39 bits per heavy atom. The average molecular weight is 248 g/mol. The molecule has 18 heavy (non-hydrogen) atoms. The van der Waals surface area contributed by atoms with E-state index in [0.717, 1.165) is 12.2 Å². The van der Waals surface area contributed by atoms with Gasteiger partial charge in [0.25, 0.3) is 0 Å². The highest BCUT2D eigenvalue weighted by atomic mass is 16.1. The molecule has 100 valence electrons. The lowest BCUT2D eigenvalue weighted by atomic mass is 9.82. The van der Waals surface area contributed by atoms with Gasteiger partial charge in [-0.3, -0.25) is 4.79 Å². The van der Waals surface area contributed by atoms with Crippen LogP contribution >= 0.6 is 0 Å². The minimum atomic E-state index is 0.0370. The van der Waals surface area contributed by atoms with E-state index in [9.17, 15) is 4.79 Å². The van der Waals surface area contributed by atoms with E-state index in [4.69, 9.17) is 0 Å². The molecule has 1 unspecified atom stereocenters. The molecule has 0 aliphatic rings. The fraction of sp³-hybridized carbons (Fsp3) is 0.533. The van der Waals surface area contributed by atoms with E-state index in [2.05, 4.69) is 38.3 Å². The van der Waals surface area contributed by atoms with Crippen molar-refractivity contribution >= 4 is 11.6 Å². The number of benzene rings is 1. The Balaban J connectivity index is 2.27. The van der Waals surface area contributed by atoms with Crippen molar-refractivity contribution in [1.82, 2.24) is 5.32 Å². The van der Waals surface area contributed by atoms with Crippen molar-refractivity contribution in [2.45, 2.75) is 27.7 Å². The van der Waals surface area contributed by atoms with Gasteiger partial charge in [-0.05, 0) is 23.5 Å². The summed E-state index contributed by atoms with van der Waals surface area (Å²) in [5, 5.41) is 6.05. The number of rotatable bonds is 5. The SMILES string of the molecule is CC(CNC(=O)CNc1ccccc1)C(C)(C)C. The van der Waals surface area contributed by atoms with Gasteiger partial charge in [0.1, 0.15) is 0 Å². The molecule has 3 nitrogen and oxygen atoms in total. The summed E-state index contributed by atoms with van der Waals surface area (Å²) in [6.45, 7) is 9.76. The topological polar surface area (TPSA) is 41.1 Å². The minimum absolute atomic E-state index is 0.0370. The molecule has 1 aromatic carbocycles. The lowest BCUT2D eigenvalue weighted by Gasteiger charge is -2.27. The number of para-hydroxylation sites is 1. The van der Waals surface area contributed by atoms with Crippen LogP contribution in [0.2, 0.25) is 0 Å². The van der Waals surface area contributed by atoms with Crippen molar-refractivity contribution in [2.75, 3.05) is 18.4 Å². The van der Waals surface area contributed by atoms with Gasteiger partial charge < -0.3 is 10.6 Å². The molecule has 0 aliphatic heterocycles. The first-order valence-corrected chi connectivity index (χ1v) is 6.45. The maximum atomic E-state index is 11.7. The van der Waals surface area contributed by atoms with Crippen LogP contribution in [0.3, 0.4) is 0 Å². The fourth-order valence-electron chi connectivity index (χ4n) is 1.37. The van der Waals surface area contributed by atoms with Gasteiger partial charge in [-0.2, -0.15) is 0 Å². The summed E-state index contributed by atoms with van der Waals surface area (Å²) < 4.78 is 0. The van der Waals surface area contributed by atoms with Crippen molar-refractivity contribution < 1.29 is 4.79 Å². The molecule has 1 amide bonds. The zero-order valence-electron chi connectivity index (χ0n) is 11.8. The van der Waals surface area contributed by atoms with E-state index in [-0.39, 0.29) is 11.3 Å². The lowest BCUT2D eigenvalue weighted by Crippen LogP contribution is -2.36. The van der Waals surface area contributed by atoms with Crippen LogP contribution in [0.4, 0.5) is 5.69 Å². The summed E-state index contributed by atoms with van der Waals surface area (Å²) in [5.41, 5.74) is 1.19. The monoisotopic (exact) mass is 248 g/mol. The molecule has 0 heterocycles. The molecule has 3 heteroatoms. The van der Waals surface area contributed by atoms with E-state index in [1.165, 1.54) is 0 Å². The van der Waals surface area contributed by atoms with Crippen LogP contribution in [-0.4, -0.2) is 19.0 Å². The van der Waals surface area contributed by atoms with Crippen molar-refractivity contribution in [1.29, 1.82) is 0 Å². The zero-order chi connectivity index (χ0) is 13.6. The Morgan fingerprint density at radius 1 is 1.22 bits per heavy atom. The highest BCUT2D eigenvalue weighted by Crippen LogP contribution is 2.24. The third-order valence-electron chi connectivity index (χ3n) is 3.31. The Labute approximate surface area is 110 Å². The van der Waals surface area contributed by atoms with Gasteiger partial charge in [0.05, 0.1) is 6.54 Å². The van der Waals surface area contributed by atoms with Crippen LogP contribution in [0, 0.1) is 11.3 Å². The number of carbonyl (C=O) groups excluding carboxylic acids is 1. The van der Waals surface area contributed by atoms with Gasteiger partial charge in [0.2, 0.25) is 5.91 Å². The third-order valence-corrected chi connectivity index (χ3v) is 3.31. The quantitative estimate of drug-likeness (QED) is 0.841. The summed E-state index contributed by atoms with van der Waals surface area (Å²) in [6.07, 6.45) is 0. The minimum Gasteiger partial charge on any atom is -0.376 e. The van der Waals surface area contributed by atoms with Crippen molar-refractivity contribution in [3.8, 4) is 0 Å². The molecule has 0 radical (unpaired) electrons. The number of carbonyl (C=O) groups is 1. The molecular weight excluding hydrogens is 224 g/mol. The summed E-state index contributed by atoms with van der Waals surface area (Å²) in [4.78, 5) is 11.7. The third kappa shape index (κ3) is 5.21. The Bertz CT molecular complexity index is 368. The van der Waals surface area contributed by atoms with Gasteiger partial charge >= 0.3 is 0 Å². The summed E-state index contributed by atoms with van der Waals surface area (Å²) in [5.74, 6) is 0.494. The summed E-state index contributed by atoms with van der Waals surface area (Å²) in [7, 11) is 0. The number of hydrogen-bond donors (Lipinski definition) is 2. The Morgan fingerprint density at radius 2 is 1.83 bits per heavy atom. The Kier molecular flexibility index (Phi) is 5.20. The second kappa shape index (κ2) is 6.43. The normalized spacial score (nSPS) is 12.9. The molecule has 1 rings (SSSR count). The number of nitrogens with one attached hydrogen (secondary N) is 2. The molecule has 1 atom stereocenters. The molecular formula is C15H24N2O. The van der Waals surface area contributed by atoms with Gasteiger partial charge in [0.15, 0.2) is 0 Å². The molecule has 0 saturated carbocycles. The van der Waals surface area contributed by atoms with Crippen LogP contribution in [0.15, 0.2) is 30.3 Å². The second-order valence-electron chi connectivity index (χ2n) is 5.79. The number of hydrogen-bond acceptors (Lipinski definition) is 2. The van der Waals surface area contributed by atoms with Crippen molar-refractivity contribution in [3.05, 3.63) is 30.3 Å². The molecule has 0 spiro atoms. The highest BCUT2D eigenvalue weighted by molar-refractivity contribution is 5.80. The average Bonchev–Trinajstić information content (AvgIpc) is 2.33. The predicted octanol–water partition coefficient (Wildman–Crippen LogP) is 2.90. The van der Waals surface area contributed by atoms with Gasteiger partial charge in [0, 0.05) is 12.2 Å². The van der Waals surface area contributed by atoms with Gasteiger partial charge in [-0.25, -0.2) is 0 Å². The van der Waals surface area contributed by atoms with Crippen LogP contribution in [0.25, 0.3) is 0 Å². The Hall–Kier alpha value is -1.51. The summed E-state index contributed by atoms with van der Waals surface area (Å²) >= 11 is 0.